The first kappa shape index (κ1) is 14.6. The molecular formula is C11H17N3O3S. The number of thiol groups is 1. The molecule has 0 saturated heterocycles. The summed E-state index contributed by atoms with van der Waals surface area (Å²) in [6.07, 6.45) is 0. The molecule has 7 heteroatoms. The van der Waals surface area contributed by atoms with Crippen LogP contribution in [-0.2, 0) is 6.54 Å². The summed E-state index contributed by atoms with van der Waals surface area (Å²) in [5.41, 5.74) is 5.62. The summed E-state index contributed by atoms with van der Waals surface area (Å²) in [6.45, 7) is 0.366. The highest BCUT2D eigenvalue weighted by Gasteiger charge is 2.12. The van der Waals surface area contributed by atoms with Gasteiger partial charge in [-0.15, -0.1) is 12.6 Å². The number of benzene rings is 1. The first-order valence-corrected chi connectivity index (χ1v) is 5.73. The van der Waals surface area contributed by atoms with Crippen LogP contribution in [0.2, 0.25) is 0 Å². The van der Waals surface area contributed by atoms with Crippen LogP contribution in [0.4, 0.5) is 0 Å². The van der Waals surface area contributed by atoms with Crippen molar-refractivity contribution in [1.82, 2.24) is 0 Å². The van der Waals surface area contributed by atoms with Gasteiger partial charge in [0.15, 0.2) is 17.0 Å². The smallest absolute Gasteiger partial charge is 0.203 e. The predicted molar refractivity (Wildman–Crippen MR) is 71.6 cm³/mol. The molecule has 0 radical (unpaired) electrons. The van der Waals surface area contributed by atoms with E-state index in [0.717, 1.165) is 5.56 Å². The van der Waals surface area contributed by atoms with Gasteiger partial charge in [0.1, 0.15) is 0 Å². The van der Waals surface area contributed by atoms with Crippen molar-refractivity contribution in [1.29, 1.82) is 0 Å². The van der Waals surface area contributed by atoms with Crippen molar-refractivity contribution in [2.24, 2.45) is 16.0 Å². The summed E-state index contributed by atoms with van der Waals surface area (Å²) in [4.78, 5) is 0. The molecule has 6 nitrogen and oxygen atoms in total. The zero-order valence-corrected chi connectivity index (χ0v) is 11.5. The second-order valence-corrected chi connectivity index (χ2v) is 3.89. The number of rotatable bonds is 6. The Morgan fingerprint density at radius 1 is 1.17 bits per heavy atom. The van der Waals surface area contributed by atoms with Gasteiger partial charge in [-0.2, -0.15) is 10.2 Å². The van der Waals surface area contributed by atoms with Gasteiger partial charge in [0, 0.05) is 0 Å². The van der Waals surface area contributed by atoms with Crippen LogP contribution in [0, 0.1) is 0 Å². The summed E-state index contributed by atoms with van der Waals surface area (Å²) < 4.78 is 15.7. The molecular weight excluding hydrogens is 254 g/mol. The normalized spacial score (nSPS) is 12.5. The third kappa shape index (κ3) is 3.78. The van der Waals surface area contributed by atoms with Crippen molar-refractivity contribution in [3.8, 4) is 17.2 Å². The zero-order chi connectivity index (χ0) is 13.5. The van der Waals surface area contributed by atoms with Gasteiger partial charge in [0.2, 0.25) is 5.75 Å². The van der Waals surface area contributed by atoms with E-state index in [2.05, 4.69) is 22.9 Å². The monoisotopic (exact) mass is 271 g/mol. The predicted octanol–water partition coefficient (Wildman–Crippen LogP) is 1.84. The minimum Gasteiger partial charge on any atom is -0.493 e. The Hall–Kier alpha value is -1.47. The fourth-order valence-electron chi connectivity index (χ4n) is 1.43. The number of hydrogen-bond donors (Lipinski definition) is 2. The van der Waals surface area contributed by atoms with Crippen molar-refractivity contribution in [3.05, 3.63) is 17.7 Å². The largest absolute Gasteiger partial charge is 0.493 e. The number of methoxy groups -OCH3 is 3. The van der Waals surface area contributed by atoms with E-state index in [1.54, 1.807) is 21.3 Å². The molecule has 1 atom stereocenters. The van der Waals surface area contributed by atoms with Gasteiger partial charge < -0.3 is 14.2 Å². The highest BCUT2D eigenvalue weighted by atomic mass is 32.1. The molecule has 1 unspecified atom stereocenters. The van der Waals surface area contributed by atoms with Crippen LogP contribution in [-0.4, -0.2) is 26.8 Å². The molecule has 1 aromatic carbocycles. The van der Waals surface area contributed by atoms with Gasteiger partial charge in [-0.05, 0) is 17.7 Å². The van der Waals surface area contributed by atoms with Crippen molar-refractivity contribution >= 4 is 12.6 Å². The van der Waals surface area contributed by atoms with E-state index in [1.807, 2.05) is 12.1 Å². The molecule has 0 aliphatic carbocycles. The fraction of sp³-hybridized carbons (Fsp3) is 0.455. The molecule has 1 aromatic rings. The van der Waals surface area contributed by atoms with E-state index in [9.17, 15) is 0 Å². The van der Waals surface area contributed by atoms with Crippen LogP contribution in [0.5, 0.6) is 17.2 Å². The van der Waals surface area contributed by atoms with E-state index < -0.39 is 5.50 Å². The summed E-state index contributed by atoms with van der Waals surface area (Å²) in [5, 5.41) is 7.65. The van der Waals surface area contributed by atoms with Crippen molar-refractivity contribution in [2.75, 3.05) is 21.3 Å². The van der Waals surface area contributed by atoms with Gasteiger partial charge in [-0.1, -0.05) is 0 Å². The minimum absolute atomic E-state index is 0.366. The maximum absolute atomic E-state index is 5.35. The van der Waals surface area contributed by atoms with Gasteiger partial charge in [0.05, 0.1) is 27.9 Å². The lowest BCUT2D eigenvalue weighted by atomic mass is 10.2. The molecule has 0 amide bonds. The molecule has 1 rings (SSSR count). The lowest BCUT2D eigenvalue weighted by Gasteiger charge is -2.13. The van der Waals surface area contributed by atoms with E-state index in [4.69, 9.17) is 19.9 Å². The summed E-state index contributed by atoms with van der Waals surface area (Å²) in [5.74, 6) is 1.71. The van der Waals surface area contributed by atoms with Gasteiger partial charge in [0.25, 0.3) is 0 Å². The molecule has 0 aliphatic heterocycles. The Balaban J connectivity index is 3.00. The Bertz CT molecular complexity index is 399. The van der Waals surface area contributed by atoms with Gasteiger partial charge in [-0.3, -0.25) is 5.73 Å². The third-order valence-corrected chi connectivity index (χ3v) is 2.28. The Kier molecular flexibility index (Phi) is 5.73. The van der Waals surface area contributed by atoms with Gasteiger partial charge in [-0.25, -0.2) is 0 Å². The lowest BCUT2D eigenvalue weighted by Crippen LogP contribution is -2.06. The highest BCUT2D eigenvalue weighted by Crippen LogP contribution is 2.38. The molecule has 0 fully saturated rings. The number of ether oxygens (including phenoxy) is 3. The molecule has 0 aromatic heterocycles. The first-order chi connectivity index (χ1) is 8.62. The molecule has 0 aliphatic rings. The van der Waals surface area contributed by atoms with Crippen LogP contribution >= 0.6 is 12.6 Å². The van der Waals surface area contributed by atoms with Crippen LogP contribution in [0.25, 0.3) is 0 Å². The molecule has 100 valence electrons. The SMILES string of the molecule is COc1cc(CN=NC(N)S)cc(OC)c1OC. The minimum atomic E-state index is -0.605. The van der Waals surface area contributed by atoms with E-state index >= 15 is 0 Å². The average molecular weight is 271 g/mol. The number of nitrogens with zero attached hydrogens (tertiary/aromatic N) is 2. The Morgan fingerprint density at radius 3 is 2.11 bits per heavy atom. The van der Waals surface area contributed by atoms with E-state index in [1.165, 1.54) is 0 Å². The lowest BCUT2D eigenvalue weighted by molar-refractivity contribution is 0.324. The highest BCUT2D eigenvalue weighted by molar-refractivity contribution is 7.80. The van der Waals surface area contributed by atoms with Gasteiger partial charge >= 0.3 is 0 Å². The topological polar surface area (TPSA) is 78.4 Å². The number of azo groups is 1. The molecule has 2 N–H and O–H groups in total. The summed E-state index contributed by atoms with van der Waals surface area (Å²) in [6, 6.07) is 3.62. The van der Waals surface area contributed by atoms with Crippen molar-refractivity contribution < 1.29 is 14.2 Å². The summed E-state index contributed by atoms with van der Waals surface area (Å²) in [7, 11) is 4.68. The second-order valence-electron chi connectivity index (χ2n) is 3.36. The van der Waals surface area contributed by atoms with Crippen LogP contribution < -0.4 is 19.9 Å². The molecule has 18 heavy (non-hydrogen) atoms. The average Bonchev–Trinajstić information content (AvgIpc) is 2.36. The Labute approximate surface area is 112 Å². The molecule has 0 saturated carbocycles. The van der Waals surface area contributed by atoms with E-state index in [0.29, 0.717) is 23.8 Å². The van der Waals surface area contributed by atoms with Crippen LogP contribution in [0.1, 0.15) is 5.56 Å². The van der Waals surface area contributed by atoms with E-state index in [-0.39, 0.29) is 0 Å². The quantitative estimate of drug-likeness (QED) is 0.470. The number of nitrogens with two attached hydrogens (primary N) is 1. The Morgan fingerprint density at radius 2 is 1.72 bits per heavy atom. The van der Waals surface area contributed by atoms with Crippen LogP contribution in [0.3, 0.4) is 0 Å². The standard InChI is InChI=1S/C11H17N3O3S/c1-15-8-4-7(6-13-14-11(12)18)5-9(16-2)10(8)17-3/h4-5,11,18H,6,12H2,1-3H3. The van der Waals surface area contributed by atoms with Crippen molar-refractivity contribution in [2.45, 2.75) is 12.0 Å². The third-order valence-electron chi connectivity index (χ3n) is 2.18. The molecule has 0 spiro atoms. The zero-order valence-electron chi connectivity index (χ0n) is 10.6. The fourth-order valence-corrected chi connectivity index (χ4v) is 1.51. The van der Waals surface area contributed by atoms with Crippen molar-refractivity contribution in [3.63, 3.8) is 0 Å². The number of hydrogen-bond acceptors (Lipinski definition) is 7. The first-order valence-electron chi connectivity index (χ1n) is 5.21. The molecule has 0 heterocycles. The van der Waals surface area contributed by atoms with Crippen LogP contribution in [0.15, 0.2) is 22.4 Å². The maximum atomic E-state index is 5.35. The second kappa shape index (κ2) is 7.07. The summed E-state index contributed by atoms with van der Waals surface area (Å²) >= 11 is 3.90. The maximum Gasteiger partial charge on any atom is 0.203 e. The molecule has 0 bridgehead atoms.